The number of amides is 1. The average molecular weight is 953 g/mol. The van der Waals surface area contributed by atoms with Gasteiger partial charge in [0.1, 0.15) is 24.4 Å². The molecule has 9 nitrogen and oxygen atoms in total. The minimum absolute atomic E-state index is 0.133. The van der Waals surface area contributed by atoms with Crippen LogP contribution in [0.15, 0.2) is 12.2 Å². The average Bonchev–Trinajstić information content (AvgIpc) is 3.33. The summed E-state index contributed by atoms with van der Waals surface area (Å²) < 4.78 is 11.3. The number of carbonyl (C=O) groups is 1. The summed E-state index contributed by atoms with van der Waals surface area (Å²) in [6.07, 6.45) is 52.5. The fourth-order valence-electron chi connectivity index (χ4n) is 9.69. The van der Waals surface area contributed by atoms with Crippen LogP contribution in [0.25, 0.3) is 0 Å². The van der Waals surface area contributed by atoms with Crippen molar-refractivity contribution in [1.82, 2.24) is 5.32 Å². The predicted octanol–water partition coefficient (Wildman–Crippen LogP) is 14.4. The summed E-state index contributed by atoms with van der Waals surface area (Å²) in [5.41, 5.74) is 0. The second kappa shape index (κ2) is 48.6. The van der Waals surface area contributed by atoms with E-state index < -0.39 is 49.5 Å². The van der Waals surface area contributed by atoms with Crippen LogP contribution in [0.2, 0.25) is 0 Å². The van der Waals surface area contributed by atoms with E-state index >= 15 is 0 Å². The fourth-order valence-corrected chi connectivity index (χ4v) is 9.69. The van der Waals surface area contributed by atoms with Gasteiger partial charge in [0.2, 0.25) is 5.91 Å². The van der Waals surface area contributed by atoms with Gasteiger partial charge in [-0.25, -0.2) is 0 Å². The maximum absolute atomic E-state index is 13.1. The zero-order valence-electron chi connectivity index (χ0n) is 44.2. The fraction of sp³-hybridized carbons (Fsp3) is 0.948. The summed E-state index contributed by atoms with van der Waals surface area (Å²) in [5.74, 6) is -0.138. The molecule has 1 saturated heterocycles. The summed E-state index contributed by atoms with van der Waals surface area (Å²) in [4.78, 5) is 13.1. The number of rotatable bonds is 51. The first-order valence-electron chi connectivity index (χ1n) is 29.4. The molecule has 1 amide bonds. The SMILES string of the molecule is CCCCCCCCCC/C=C\CCCCCCCCCCCCCCCCCCCC(=O)NC(COC1OC(CO)C(O)C(O)C1O)C(O)CCCCCCCCCCCCCCCCC. The van der Waals surface area contributed by atoms with E-state index in [1.165, 1.54) is 231 Å². The molecule has 1 aliphatic heterocycles. The van der Waals surface area contributed by atoms with Crippen molar-refractivity contribution in [2.75, 3.05) is 13.2 Å². The third-order valence-corrected chi connectivity index (χ3v) is 14.4. The molecule has 398 valence electrons. The largest absolute Gasteiger partial charge is 0.394 e. The van der Waals surface area contributed by atoms with Crippen molar-refractivity contribution in [3.8, 4) is 0 Å². The van der Waals surface area contributed by atoms with Crippen molar-refractivity contribution >= 4 is 5.91 Å². The molecule has 0 aromatic carbocycles. The van der Waals surface area contributed by atoms with Crippen molar-refractivity contribution in [3.05, 3.63) is 12.2 Å². The number of nitrogens with one attached hydrogen (secondary N) is 1. The second-order valence-electron chi connectivity index (χ2n) is 20.8. The second-order valence-corrected chi connectivity index (χ2v) is 20.8. The number of ether oxygens (including phenoxy) is 2. The molecule has 0 aromatic heterocycles. The van der Waals surface area contributed by atoms with E-state index in [-0.39, 0.29) is 12.5 Å². The van der Waals surface area contributed by atoms with Crippen LogP contribution in [0.5, 0.6) is 0 Å². The van der Waals surface area contributed by atoms with E-state index in [4.69, 9.17) is 9.47 Å². The highest BCUT2D eigenvalue weighted by Crippen LogP contribution is 2.23. The Bertz CT molecular complexity index is 1060. The topological polar surface area (TPSA) is 149 Å². The van der Waals surface area contributed by atoms with Gasteiger partial charge in [0, 0.05) is 6.42 Å². The molecular formula is C58H113NO8. The highest BCUT2D eigenvalue weighted by molar-refractivity contribution is 5.76. The Kier molecular flexibility index (Phi) is 46.3. The first kappa shape index (κ1) is 63.9. The van der Waals surface area contributed by atoms with Gasteiger partial charge in [-0.05, 0) is 38.5 Å². The van der Waals surface area contributed by atoms with Crippen molar-refractivity contribution in [2.45, 2.75) is 339 Å². The predicted molar refractivity (Wildman–Crippen MR) is 281 cm³/mol. The molecule has 0 saturated carbocycles. The highest BCUT2D eigenvalue weighted by Gasteiger charge is 2.44. The maximum atomic E-state index is 13.1. The van der Waals surface area contributed by atoms with Crippen molar-refractivity contribution in [1.29, 1.82) is 0 Å². The lowest BCUT2D eigenvalue weighted by molar-refractivity contribution is -0.302. The van der Waals surface area contributed by atoms with Crippen LogP contribution < -0.4 is 5.32 Å². The van der Waals surface area contributed by atoms with Gasteiger partial charge in [0.05, 0.1) is 25.4 Å². The molecule has 1 heterocycles. The molecule has 67 heavy (non-hydrogen) atoms. The molecule has 9 heteroatoms. The molecule has 0 radical (unpaired) electrons. The molecule has 7 atom stereocenters. The van der Waals surface area contributed by atoms with Crippen LogP contribution in [-0.4, -0.2) is 87.5 Å². The minimum Gasteiger partial charge on any atom is -0.394 e. The third-order valence-electron chi connectivity index (χ3n) is 14.4. The number of hydrogen-bond acceptors (Lipinski definition) is 8. The van der Waals surface area contributed by atoms with Gasteiger partial charge in [0.25, 0.3) is 0 Å². The molecule has 0 spiro atoms. The van der Waals surface area contributed by atoms with Crippen LogP contribution in [0.4, 0.5) is 0 Å². The van der Waals surface area contributed by atoms with Crippen LogP contribution in [0.1, 0.15) is 296 Å². The number of hydrogen-bond donors (Lipinski definition) is 6. The zero-order valence-corrected chi connectivity index (χ0v) is 44.2. The lowest BCUT2D eigenvalue weighted by Gasteiger charge is -2.40. The standard InChI is InChI=1S/C58H113NO8/c1-3-5-7-9-11-13-15-17-19-20-21-22-23-24-25-26-27-28-29-30-31-32-34-36-38-40-42-44-46-48-54(62)59-51(50-66-58-57(65)56(64)55(63)53(49-60)67-58)52(61)47-45-43-41-39-37-35-33-18-16-14-12-10-8-6-4-2/h20-21,51-53,55-58,60-61,63-65H,3-19,22-50H2,1-2H3,(H,59,62)/b21-20-. The summed E-state index contributed by atoms with van der Waals surface area (Å²) in [6, 6.07) is -0.715. The Hall–Kier alpha value is -1.07. The summed E-state index contributed by atoms with van der Waals surface area (Å²) >= 11 is 0. The van der Waals surface area contributed by atoms with Crippen LogP contribution in [0, 0.1) is 0 Å². The number of carbonyl (C=O) groups excluding carboxylic acids is 1. The Morgan fingerprint density at radius 2 is 0.836 bits per heavy atom. The van der Waals surface area contributed by atoms with Gasteiger partial charge in [-0.1, -0.05) is 264 Å². The van der Waals surface area contributed by atoms with Crippen LogP contribution >= 0.6 is 0 Å². The van der Waals surface area contributed by atoms with E-state index in [1.807, 2.05) is 0 Å². The molecular weight excluding hydrogens is 839 g/mol. The van der Waals surface area contributed by atoms with Gasteiger partial charge in [-0.15, -0.1) is 0 Å². The number of aliphatic hydroxyl groups excluding tert-OH is 5. The van der Waals surface area contributed by atoms with Gasteiger partial charge in [0.15, 0.2) is 6.29 Å². The van der Waals surface area contributed by atoms with E-state index in [0.29, 0.717) is 12.8 Å². The lowest BCUT2D eigenvalue weighted by atomic mass is 9.99. The van der Waals surface area contributed by atoms with Gasteiger partial charge >= 0.3 is 0 Å². The highest BCUT2D eigenvalue weighted by atomic mass is 16.7. The van der Waals surface area contributed by atoms with Crippen molar-refractivity contribution in [2.24, 2.45) is 0 Å². The molecule has 7 unspecified atom stereocenters. The Labute approximate surface area is 414 Å². The molecule has 6 N–H and O–H groups in total. The van der Waals surface area contributed by atoms with E-state index in [0.717, 1.165) is 38.5 Å². The molecule has 0 bridgehead atoms. The van der Waals surface area contributed by atoms with Crippen molar-refractivity contribution in [3.63, 3.8) is 0 Å². The van der Waals surface area contributed by atoms with Crippen molar-refractivity contribution < 1.29 is 39.8 Å². The van der Waals surface area contributed by atoms with E-state index in [1.54, 1.807) is 0 Å². The van der Waals surface area contributed by atoms with E-state index in [2.05, 4.69) is 31.3 Å². The summed E-state index contributed by atoms with van der Waals surface area (Å²) in [7, 11) is 0. The Balaban J connectivity index is 2.13. The number of unbranched alkanes of at least 4 members (excludes halogenated alkanes) is 39. The monoisotopic (exact) mass is 952 g/mol. The number of allylic oxidation sites excluding steroid dienone is 2. The quantitative estimate of drug-likeness (QED) is 0.0261. The normalized spacial score (nSPS) is 19.7. The Morgan fingerprint density at radius 3 is 1.21 bits per heavy atom. The van der Waals surface area contributed by atoms with E-state index in [9.17, 15) is 30.3 Å². The summed E-state index contributed by atoms with van der Waals surface area (Å²) in [5, 5.41) is 54.6. The van der Waals surface area contributed by atoms with Gasteiger partial charge in [-0.3, -0.25) is 4.79 Å². The lowest BCUT2D eigenvalue weighted by Crippen LogP contribution is -2.60. The first-order chi connectivity index (χ1) is 32.8. The van der Waals surface area contributed by atoms with Crippen LogP contribution in [-0.2, 0) is 14.3 Å². The Morgan fingerprint density at radius 1 is 0.493 bits per heavy atom. The maximum Gasteiger partial charge on any atom is 0.220 e. The minimum atomic E-state index is -1.55. The van der Waals surface area contributed by atoms with Gasteiger partial charge in [-0.2, -0.15) is 0 Å². The number of aliphatic hydroxyl groups is 5. The summed E-state index contributed by atoms with van der Waals surface area (Å²) in [6.45, 7) is 3.87. The molecule has 1 fully saturated rings. The first-order valence-corrected chi connectivity index (χ1v) is 29.4. The zero-order chi connectivity index (χ0) is 48.7. The smallest absolute Gasteiger partial charge is 0.220 e. The molecule has 1 aliphatic rings. The third kappa shape index (κ3) is 38.3. The molecule has 1 rings (SSSR count). The molecule has 0 aromatic rings. The van der Waals surface area contributed by atoms with Crippen LogP contribution in [0.3, 0.4) is 0 Å². The van der Waals surface area contributed by atoms with Gasteiger partial charge < -0.3 is 40.3 Å². The molecule has 0 aliphatic carbocycles.